The van der Waals surface area contributed by atoms with Crippen LogP contribution in [0.15, 0.2) is 42.5 Å². The van der Waals surface area contributed by atoms with Crippen molar-refractivity contribution in [3.63, 3.8) is 0 Å². The van der Waals surface area contributed by atoms with Crippen molar-refractivity contribution < 1.29 is 4.79 Å². The number of aromatic amines is 1. The Morgan fingerprint density at radius 3 is 2.92 bits per heavy atom. The third-order valence-corrected chi connectivity index (χ3v) is 4.74. The van der Waals surface area contributed by atoms with Crippen molar-refractivity contribution in [3.05, 3.63) is 65.0 Å². The number of aromatic nitrogens is 2. The molecule has 1 amide bonds. The summed E-state index contributed by atoms with van der Waals surface area (Å²) < 4.78 is 0. The molecule has 2 heterocycles. The fraction of sp³-hybridized carbons (Fsp3) is 0.263. The summed E-state index contributed by atoms with van der Waals surface area (Å²) in [7, 11) is 0. The molecule has 5 N–H and O–H groups in total. The Labute approximate surface area is 145 Å². The van der Waals surface area contributed by atoms with Crippen molar-refractivity contribution in [2.24, 2.45) is 5.73 Å². The van der Waals surface area contributed by atoms with Gasteiger partial charge in [0.05, 0.1) is 6.04 Å². The van der Waals surface area contributed by atoms with Crippen LogP contribution in [0.1, 0.15) is 33.4 Å². The van der Waals surface area contributed by atoms with E-state index in [1.807, 2.05) is 18.2 Å². The fourth-order valence-corrected chi connectivity index (χ4v) is 3.34. The second kappa shape index (κ2) is 6.66. The highest BCUT2D eigenvalue weighted by Crippen LogP contribution is 2.21. The highest BCUT2D eigenvalue weighted by atomic mass is 16.2. The van der Waals surface area contributed by atoms with E-state index >= 15 is 0 Å². The van der Waals surface area contributed by atoms with Gasteiger partial charge in [0.15, 0.2) is 5.69 Å². The average molecular weight is 335 g/mol. The van der Waals surface area contributed by atoms with Crippen molar-refractivity contribution in [3.8, 4) is 0 Å². The Morgan fingerprint density at radius 1 is 1.24 bits per heavy atom. The van der Waals surface area contributed by atoms with Gasteiger partial charge in [0.1, 0.15) is 0 Å². The highest BCUT2D eigenvalue weighted by Gasteiger charge is 2.23. The molecule has 1 aliphatic heterocycles. The Bertz CT molecular complexity index is 917. The van der Waals surface area contributed by atoms with E-state index in [1.165, 1.54) is 5.39 Å². The van der Waals surface area contributed by atoms with Gasteiger partial charge < -0.3 is 16.4 Å². The van der Waals surface area contributed by atoms with Gasteiger partial charge in [-0.15, -0.1) is 0 Å². The Morgan fingerprint density at radius 2 is 2.08 bits per heavy atom. The topological polar surface area (TPSA) is 95.8 Å². The molecule has 0 spiro atoms. The fourth-order valence-electron chi connectivity index (χ4n) is 3.34. The number of hydrogen-bond donors (Lipinski definition) is 4. The molecule has 1 unspecified atom stereocenters. The maximum Gasteiger partial charge on any atom is 0.272 e. The molecule has 6 nitrogen and oxygen atoms in total. The van der Waals surface area contributed by atoms with Crippen LogP contribution in [0.5, 0.6) is 0 Å². The molecule has 0 aliphatic carbocycles. The molecule has 0 saturated carbocycles. The van der Waals surface area contributed by atoms with E-state index in [2.05, 4.69) is 45.1 Å². The van der Waals surface area contributed by atoms with Crippen LogP contribution in [0.3, 0.4) is 0 Å². The van der Waals surface area contributed by atoms with Crippen LogP contribution >= 0.6 is 0 Å². The number of H-pyrrole nitrogens is 1. The summed E-state index contributed by atoms with van der Waals surface area (Å²) in [4.78, 5) is 12.7. The number of carbonyl (C=O) groups is 1. The lowest BCUT2D eigenvalue weighted by Gasteiger charge is -2.18. The van der Waals surface area contributed by atoms with Crippen molar-refractivity contribution in [1.29, 1.82) is 0 Å². The number of amides is 1. The molecule has 3 aromatic rings. The average Bonchev–Trinajstić information content (AvgIpc) is 3.10. The Kier molecular flexibility index (Phi) is 4.21. The molecule has 0 radical (unpaired) electrons. The van der Waals surface area contributed by atoms with E-state index in [0.29, 0.717) is 18.8 Å². The first kappa shape index (κ1) is 15.8. The molecule has 6 heteroatoms. The van der Waals surface area contributed by atoms with Crippen LogP contribution < -0.4 is 16.4 Å². The summed E-state index contributed by atoms with van der Waals surface area (Å²) in [5, 5.41) is 15.8. The van der Waals surface area contributed by atoms with Gasteiger partial charge in [-0.2, -0.15) is 5.10 Å². The third kappa shape index (κ3) is 3.01. The van der Waals surface area contributed by atoms with E-state index in [1.54, 1.807) is 0 Å². The number of nitrogens with one attached hydrogen (secondary N) is 3. The lowest BCUT2D eigenvalue weighted by molar-refractivity contribution is 0.0931. The van der Waals surface area contributed by atoms with Gasteiger partial charge in [-0.25, -0.2) is 0 Å². The number of fused-ring (bicyclic) bond motifs is 2. The van der Waals surface area contributed by atoms with Gasteiger partial charge in [-0.05, 0) is 22.4 Å². The molecule has 4 rings (SSSR count). The predicted octanol–water partition coefficient (Wildman–Crippen LogP) is 1.64. The molecule has 128 valence electrons. The first-order valence-corrected chi connectivity index (χ1v) is 8.52. The van der Waals surface area contributed by atoms with E-state index in [4.69, 9.17) is 5.73 Å². The highest BCUT2D eigenvalue weighted by molar-refractivity contribution is 5.94. The second-order valence-corrected chi connectivity index (χ2v) is 6.32. The SMILES string of the molecule is NCC(NC(=O)c1n[nH]c2c1CNCC2)c1ccc2ccccc2c1. The maximum atomic E-state index is 12.7. The van der Waals surface area contributed by atoms with Gasteiger partial charge in [-0.1, -0.05) is 36.4 Å². The summed E-state index contributed by atoms with van der Waals surface area (Å²) in [6.45, 7) is 1.89. The summed E-state index contributed by atoms with van der Waals surface area (Å²) in [6.07, 6.45) is 0.862. The lowest BCUT2D eigenvalue weighted by atomic mass is 10.0. The van der Waals surface area contributed by atoms with Crippen LogP contribution in [0.4, 0.5) is 0 Å². The van der Waals surface area contributed by atoms with E-state index in [0.717, 1.165) is 35.2 Å². The molecule has 1 aromatic heterocycles. The van der Waals surface area contributed by atoms with E-state index < -0.39 is 0 Å². The standard InChI is InChI=1S/C19H21N5O/c20-10-17(14-6-5-12-3-1-2-4-13(12)9-14)22-19(25)18-15-11-21-8-7-16(15)23-24-18/h1-6,9,17,21H,7-8,10-11,20H2,(H,22,25)(H,23,24). The smallest absolute Gasteiger partial charge is 0.272 e. The quantitative estimate of drug-likeness (QED) is 0.583. The van der Waals surface area contributed by atoms with Crippen molar-refractivity contribution in [1.82, 2.24) is 20.8 Å². The number of benzene rings is 2. The van der Waals surface area contributed by atoms with Crippen molar-refractivity contribution >= 4 is 16.7 Å². The van der Waals surface area contributed by atoms with Gasteiger partial charge in [0, 0.05) is 37.3 Å². The summed E-state index contributed by atoms with van der Waals surface area (Å²) >= 11 is 0. The van der Waals surface area contributed by atoms with E-state index in [9.17, 15) is 4.79 Å². The lowest BCUT2D eigenvalue weighted by Crippen LogP contribution is -2.34. The molecular formula is C19H21N5O. The first-order valence-electron chi connectivity index (χ1n) is 8.52. The third-order valence-electron chi connectivity index (χ3n) is 4.74. The zero-order valence-electron chi connectivity index (χ0n) is 13.9. The second-order valence-electron chi connectivity index (χ2n) is 6.32. The van der Waals surface area contributed by atoms with Gasteiger partial charge in [0.2, 0.25) is 0 Å². The van der Waals surface area contributed by atoms with Crippen LogP contribution in [-0.2, 0) is 13.0 Å². The van der Waals surface area contributed by atoms with E-state index in [-0.39, 0.29) is 11.9 Å². The Balaban J connectivity index is 1.58. The minimum atomic E-state index is -0.249. The zero-order valence-corrected chi connectivity index (χ0v) is 13.9. The number of carbonyl (C=O) groups excluding carboxylic acids is 1. The molecule has 1 atom stereocenters. The van der Waals surface area contributed by atoms with Crippen LogP contribution in [-0.4, -0.2) is 29.2 Å². The van der Waals surface area contributed by atoms with Crippen LogP contribution in [0.2, 0.25) is 0 Å². The summed E-state index contributed by atoms with van der Waals surface area (Å²) in [5.41, 5.74) is 9.39. The zero-order chi connectivity index (χ0) is 17.2. The molecule has 25 heavy (non-hydrogen) atoms. The maximum absolute atomic E-state index is 12.7. The molecule has 0 bridgehead atoms. The number of nitrogens with two attached hydrogens (primary N) is 1. The minimum Gasteiger partial charge on any atom is -0.343 e. The molecular weight excluding hydrogens is 314 g/mol. The van der Waals surface area contributed by atoms with Crippen molar-refractivity contribution in [2.45, 2.75) is 19.0 Å². The molecule has 1 aliphatic rings. The molecule has 0 fully saturated rings. The predicted molar refractivity (Wildman–Crippen MR) is 97.2 cm³/mol. The molecule has 2 aromatic carbocycles. The van der Waals surface area contributed by atoms with Gasteiger partial charge >= 0.3 is 0 Å². The number of hydrogen-bond acceptors (Lipinski definition) is 4. The summed E-state index contributed by atoms with van der Waals surface area (Å²) in [6, 6.07) is 14.0. The molecule has 0 saturated heterocycles. The van der Waals surface area contributed by atoms with Crippen molar-refractivity contribution in [2.75, 3.05) is 13.1 Å². The van der Waals surface area contributed by atoms with Crippen LogP contribution in [0.25, 0.3) is 10.8 Å². The Hall–Kier alpha value is -2.70. The number of nitrogens with zero attached hydrogens (tertiary/aromatic N) is 1. The first-order chi connectivity index (χ1) is 12.3. The van der Waals surface area contributed by atoms with Gasteiger partial charge in [0.25, 0.3) is 5.91 Å². The summed E-state index contributed by atoms with van der Waals surface area (Å²) in [5.74, 6) is -0.190. The van der Waals surface area contributed by atoms with Crippen LogP contribution in [0, 0.1) is 0 Å². The largest absolute Gasteiger partial charge is 0.343 e. The number of rotatable bonds is 4. The normalized spacial score (nSPS) is 14.9. The van der Waals surface area contributed by atoms with Gasteiger partial charge in [-0.3, -0.25) is 9.89 Å². The minimum absolute atomic E-state index is 0.190. The monoisotopic (exact) mass is 335 g/mol.